The van der Waals surface area contributed by atoms with Gasteiger partial charge in [0.15, 0.2) is 0 Å². The Morgan fingerprint density at radius 2 is 1.94 bits per heavy atom. The molecule has 100 valence electrons. The van der Waals surface area contributed by atoms with Gasteiger partial charge in [0.1, 0.15) is 0 Å². The van der Waals surface area contributed by atoms with Gasteiger partial charge in [0.05, 0.1) is 6.61 Å². The molecule has 0 unspecified atom stereocenters. The normalized spacial score (nSPS) is 17.4. The summed E-state index contributed by atoms with van der Waals surface area (Å²) in [5.74, 6) is 1.50. The number of carbonyl (C=O) groups excluding carboxylic acids is 1. The Morgan fingerprint density at radius 3 is 2.59 bits per heavy atom. The predicted octanol–water partition coefficient (Wildman–Crippen LogP) is 4.33. The van der Waals surface area contributed by atoms with Gasteiger partial charge in [-0.2, -0.15) is 0 Å². The molecule has 0 atom stereocenters. The Labute approximate surface area is 106 Å². The van der Waals surface area contributed by atoms with Gasteiger partial charge in [-0.15, -0.1) is 0 Å². The molecule has 0 aromatic carbocycles. The lowest BCUT2D eigenvalue weighted by molar-refractivity contribution is -0.144. The molecule has 0 aromatic rings. The van der Waals surface area contributed by atoms with E-state index in [9.17, 15) is 4.79 Å². The summed E-state index contributed by atoms with van der Waals surface area (Å²) in [5.41, 5.74) is 0. The van der Waals surface area contributed by atoms with Crippen molar-refractivity contribution in [2.24, 2.45) is 11.8 Å². The van der Waals surface area contributed by atoms with Crippen LogP contribution in [-0.4, -0.2) is 12.6 Å². The lowest BCUT2D eigenvalue weighted by atomic mass is 9.86. The van der Waals surface area contributed by atoms with Crippen molar-refractivity contribution in [2.45, 2.75) is 71.6 Å². The van der Waals surface area contributed by atoms with Gasteiger partial charge in [0, 0.05) is 6.42 Å². The molecule has 1 aliphatic rings. The number of hydrogen-bond donors (Lipinski definition) is 0. The summed E-state index contributed by atoms with van der Waals surface area (Å²) in [6.45, 7) is 4.90. The number of ether oxygens (including phenoxy) is 1. The summed E-state index contributed by atoms with van der Waals surface area (Å²) < 4.78 is 5.20. The highest BCUT2D eigenvalue weighted by Gasteiger charge is 2.13. The molecule has 0 spiro atoms. The Bertz CT molecular complexity index is 205. The van der Waals surface area contributed by atoms with Gasteiger partial charge in [-0.3, -0.25) is 4.79 Å². The molecule has 0 amide bonds. The van der Waals surface area contributed by atoms with Crippen LogP contribution in [0.3, 0.4) is 0 Å². The molecule has 2 nitrogen and oxygen atoms in total. The molecule has 1 aliphatic carbocycles. The van der Waals surface area contributed by atoms with Crippen molar-refractivity contribution in [3.8, 4) is 0 Å². The van der Waals surface area contributed by atoms with Gasteiger partial charge < -0.3 is 4.74 Å². The van der Waals surface area contributed by atoms with Gasteiger partial charge in [-0.25, -0.2) is 0 Å². The number of rotatable bonds is 7. The van der Waals surface area contributed by atoms with Gasteiger partial charge in [-0.1, -0.05) is 46.0 Å². The van der Waals surface area contributed by atoms with E-state index in [2.05, 4.69) is 13.8 Å². The van der Waals surface area contributed by atoms with E-state index in [0.29, 0.717) is 18.9 Å². The van der Waals surface area contributed by atoms with Crippen molar-refractivity contribution in [3.05, 3.63) is 0 Å². The SMILES string of the molecule is CC(C)CCOC(=O)CCCC1CCCCC1. The lowest BCUT2D eigenvalue weighted by Gasteiger charge is -2.20. The first-order valence-electron chi connectivity index (χ1n) is 7.34. The zero-order valence-electron chi connectivity index (χ0n) is 11.5. The highest BCUT2D eigenvalue weighted by molar-refractivity contribution is 5.69. The van der Waals surface area contributed by atoms with Crippen molar-refractivity contribution in [2.75, 3.05) is 6.61 Å². The average molecular weight is 240 g/mol. The first-order valence-corrected chi connectivity index (χ1v) is 7.34. The van der Waals surface area contributed by atoms with E-state index < -0.39 is 0 Å². The first-order chi connectivity index (χ1) is 8.18. The van der Waals surface area contributed by atoms with Crippen LogP contribution >= 0.6 is 0 Å². The molecule has 0 aromatic heterocycles. The van der Waals surface area contributed by atoms with Crippen LogP contribution in [0.4, 0.5) is 0 Å². The minimum absolute atomic E-state index is 0.00135. The Balaban J connectivity index is 1.95. The topological polar surface area (TPSA) is 26.3 Å². The minimum Gasteiger partial charge on any atom is -0.466 e. The maximum Gasteiger partial charge on any atom is 0.305 e. The van der Waals surface area contributed by atoms with Crippen molar-refractivity contribution in [1.29, 1.82) is 0 Å². The Kier molecular flexibility index (Phi) is 7.30. The first kappa shape index (κ1) is 14.5. The number of esters is 1. The fraction of sp³-hybridized carbons (Fsp3) is 0.933. The van der Waals surface area contributed by atoms with Crippen LogP contribution in [0.1, 0.15) is 71.6 Å². The van der Waals surface area contributed by atoms with E-state index in [1.165, 1.54) is 38.5 Å². The third-order valence-corrected chi connectivity index (χ3v) is 3.68. The molecule has 0 radical (unpaired) electrons. The zero-order valence-corrected chi connectivity index (χ0v) is 11.5. The van der Waals surface area contributed by atoms with Crippen LogP contribution in [-0.2, 0) is 9.53 Å². The lowest BCUT2D eigenvalue weighted by Crippen LogP contribution is -2.10. The minimum atomic E-state index is 0.00135. The van der Waals surface area contributed by atoms with E-state index in [4.69, 9.17) is 4.74 Å². The fourth-order valence-corrected chi connectivity index (χ4v) is 2.49. The zero-order chi connectivity index (χ0) is 12.5. The molecular weight excluding hydrogens is 212 g/mol. The molecule has 0 saturated heterocycles. The molecule has 17 heavy (non-hydrogen) atoms. The van der Waals surface area contributed by atoms with Gasteiger partial charge in [0.25, 0.3) is 0 Å². The molecule has 1 rings (SSSR count). The average Bonchev–Trinajstić information content (AvgIpc) is 2.30. The smallest absolute Gasteiger partial charge is 0.305 e. The summed E-state index contributed by atoms with van der Waals surface area (Å²) in [4.78, 5) is 11.4. The summed E-state index contributed by atoms with van der Waals surface area (Å²) >= 11 is 0. The predicted molar refractivity (Wildman–Crippen MR) is 70.8 cm³/mol. The molecule has 1 fully saturated rings. The van der Waals surface area contributed by atoms with Crippen molar-refractivity contribution in [3.63, 3.8) is 0 Å². The summed E-state index contributed by atoms with van der Waals surface area (Å²) in [6.07, 6.45) is 10.8. The molecule has 1 saturated carbocycles. The molecule has 0 bridgehead atoms. The second-order valence-electron chi connectivity index (χ2n) is 5.80. The van der Waals surface area contributed by atoms with Crippen LogP contribution < -0.4 is 0 Å². The molecule has 0 heterocycles. The van der Waals surface area contributed by atoms with Crippen LogP contribution in [0.5, 0.6) is 0 Å². The second kappa shape index (κ2) is 8.54. The van der Waals surface area contributed by atoms with Gasteiger partial charge in [0.2, 0.25) is 0 Å². The maximum absolute atomic E-state index is 11.4. The highest BCUT2D eigenvalue weighted by Crippen LogP contribution is 2.27. The Hall–Kier alpha value is -0.530. The monoisotopic (exact) mass is 240 g/mol. The molecular formula is C15H28O2. The summed E-state index contributed by atoms with van der Waals surface area (Å²) in [7, 11) is 0. The van der Waals surface area contributed by atoms with Crippen LogP contribution in [0.2, 0.25) is 0 Å². The van der Waals surface area contributed by atoms with E-state index in [0.717, 1.165) is 18.8 Å². The third-order valence-electron chi connectivity index (χ3n) is 3.68. The van der Waals surface area contributed by atoms with Crippen LogP contribution in [0.15, 0.2) is 0 Å². The van der Waals surface area contributed by atoms with Gasteiger partial charge >= 0.3 is 5.97 Å². The molecule has 0 N–H and O–H groups in total. The second-order valence-corrected chi connectivity index (χ2v) is 5.80. The molecule has 2 heteroatoms. The number of hydrogen-bond acceptors (Lipinski definition) is 2. The van der Waals surface area contributed by atoms with Crippen molar-refractivity contribution in [1.82, 2.24) is 0 Å². The third kappa shape index (κ3) is 7.40. The van der Waals surface area contributed by atoms with Crippen LogP contribution in [0, 0.1) is 11.8 Å². The molecule has 0 aliphatic heterocycles. The fourth-order valence-electron chi connectivity index (χ4n) is 2.49. The highest BCUT2D eigenvalue weighted by atomic mass is 16.5. The summed E-state index contributed by atoms with van der Waals surface area (Å²) in [5, 5.41) is 0. The van der Waals surface area contributed by atoms with Crippen molar-refractivity contribution < 1.29 is 9.53 Å². The van der Waals surface area contributed by atoms with E-state index >= 15 is 0 Å². The Morgan fingerprint density at radius 1 is 1.24 bits per heavy atom. The van der Waals surface area contributed by atoms with Gasteiger partial charge in [-0.05, 0) is 31.1 Å². The quantitative estimate of drug-likeness (QED) is 0.619. The van der Waals surface area contributed by atoms with E-state index in [1.807, 2.05) is 0 Å². The number of carbonyl (C=O) groups is 1. The summed E-state index contributed by atoms with van der Waals surface area (Å²) in [6, 6.07) is 0. The van der Waals surface area contributed by atoms with E-state index in [-0.39, 0.29) is 5.97 Å². The maximum atomic E-state index is 11.4. The standard InChI is InChI=1S/C15H28O2/c1-13(2)11-12-17-15(16)10-6-9-14-7-4-3-5-8-14/h13-14H,3-12H2,1-2H3. The van der Waals surface area contributed by atoms with E-state index in [1.54, 1.807) is 0 Å². The van der Waals surface area contributed by atoms with Crippen molar-refractivity contribution >= 4 is 5.97 Å². The largest absolute Gasteiger partial charge is 0.466 e. The van der Waals surface area contributed by atoms with Crippen LogP contribution in [0.25, 0.3) is 0 Å².